The normalized spacial score (nSPS) is 11.3. The molecule has 2 aromatic rings. The summed E-state index contributed by atoms with van der Waals surface area (Å²) in [5.41, 5.74) is 3.22. The number of hydrogen-bond acceptors (Lipinski definition) is 4. The topological polar surface area (TPSA) is 50.7 Å². The van der Waals surface area contributed by atoms with Crippen molar-refractivity contribution in [2.75, 3.05) is 6.61 Å². The summed E-state index contributed by atoms with van der Waals surface area (Å²) in [6.45, 7) is 1.71. The lowest BCUT2D eigenvalue weighted by molar-refractivity contribution is -0.123. The Balaban J connectivity index is 1.86. The number of halogens is 2. The van der Waals surface area contributed by atoms with E-state index >= 15 is 0 Å². The molecule has 1 amide bonds. The number of hydrogen-bond donors (Lipinski definition) is 1. The Kier molecular flexibility index (Phi) is 5.78. The van der Waals surface area contributed by atoms with Crippen LogP contribution in [0.25, 0.3) is 0 Å². The minimum absolute atomic E-state index is 0.124. The predicted octanol–water partition coefficient (Wildman–Crippen LogP) is 4.08. The molecule has 2 rings (SSSR count). The minimum Gasteiger partial charge on any atom is -0.483 e. The number of nitrogens with one attached hydrogen (secondary N) is 1. The molecule has 0 bridgehead atoms. The zero-order valence-corrected chi connectivity index (χ0v) is 14.3. The minimum atomic E-state index is -0.326. The van der Waals surface area contributed by atoms with Crippen molar-refractivity contribution in [3.05, 3.63) is 50.1 Å². The van der Waals surface area contributed by atoms with E-state index in [1.54, 1.807) is 29.5 Å². The first kappa shape index (κ1) is 16.0. The van der Waals surface area contributed by atoms with Gasteiger partial charge in [-0.05, 0) is 52.5 Å². The third-order valence-electron chi connectivity index (χ3n) is 2.48. The van der Waals surface area contributed by atoms with Gasteiger partial charge in [0.1, 0.15) is 5.75 Å². The number of nitrogens with zero attached hydrogens (tertiary/aromatic N) is 1. The van der Waals surface area contributed by atoms with Crippen LogP contribution in [-0.4, -0.2) is 18.2 Å². The van der Waals surface area contributed by atoms with Gasteiger partial charge in [-0.1, -0.05) is 17.7 Å². The summed E-state index contributed by atoms with van der Waals surface area (Å²) >= 11 is 10.7. The first-order chi connectivity index (χ1) is 10.1. The molecule has 4 nitrogen and oxygen atoms in total. The van der Waals surface area contributed by atoms with Crippen LogP contribution < -0.4 is 10.2 Å². The van der Waals surface area contributed by atoms with Crippen LogP contribution in [0, 0.1) is 0 Å². The van der Waals surface area contributed by atoms with Crippen LogP contribution in [-0.2, 0) is 4.79 Å². The predicted molar refractivity (Wildman–Crippen MR) is 89.3 cm³/mol. The van der Waals surface area contributed by atoms with Crippen molar-refractivity contribution in [3.8, 4) is 5.75 Å². The molecule has 7 heteroatoms. The highest BCUT2D eigenvalue weighted by Gasteiger charge is 2.06. The van der Waals surface area contributed by atoms with Crippen LogP contribution in [0.15, 0.2) is 45.3 Å². The molecule has 0 aliphatic carbocycles. The number of rotatable bonds is 5. The van der Waals surface area contributed by atoms with Crippen molar-refractivity contribution in [2.45, 2.75) is 6.92 Å². The molecule has 0 spiro atoms. The average Bonchev–Trinajstić information content (AvgIpc) is 2.98. The van der Waals surface area contributed by atoms with Crippen LogP contribution in [0.4, 0.5) is 0 Å². The van der Waals surface area contributed by atoms with E-state index in [2.05, 4.69) is 26.5 Å². The Morgan fingerprint density at radius 2 is 2.29 bits per heavy atom. The van der Waals surface area contributed by atoms with Gasteiger partial charge in [0.2, 0.25) is 0 Å². The molecular weight excluding hydrogens is 376 g/mol. The third kappa shape index (κ3) is 4.84. The van der Waals surface area contributed by atoms with Gasteiger partial charge in [0.25, 0.3) is 5.91 Å². The van der Waals surface area contributed by atoms with E-state index in [0.717, 1.165) is 10.6 Å². The van der Waals surface area contributed by atoms with Crippen LogP contribution in [0.1, 0.15) is 11.8 Å². The zero-order chi connectivity index (χ0) is 15.2. The lowest BCUT2D eigenvalue weighted by Crippen LogP contribution is -2.25. The quantitative estimate of drug-likeness (QED) is 0.621. The van der Waals surface area contributed by atoms with E-state index in [0.29, 0.717) is 15.2 Å². The molecule has 0 saturated heterocycles. The highest BCUT2D eigenvalue weighted by molar-refractivity contribution is 9.10. The Hall–Kier alpha value is -1.37. The second-order valence-corrected chi connectivity index (χ2v) is 6.31. The maximum absolute atomic E-state index is 11.7. The molecule has 0 unspecified atom stereocenters. The zero-order valence-electron chi connectivity index (χ0n) is 11.1. The summed E-state index contributed by atoms with van der Waals surface area (Å²) in [5, 5.41) is 6.58. The molecule has 1 N–H and O–H groups in total. The van der Waals surface area contributed by atoms with Crippen molar-refractivity contribution in [2.24, 2.45) is 5.10 Å². The van der Waals surface area contributed by atoms with E-state index in [-0.39, 0.29) is 12.5 Å². The molecule has 110 valence electrons. The number of carbonyl (C=O) groups is 1. The van der Waals surface area contributed by atoms with Gasteiger partial charge in [0.15, 0.2) is 6.61 Å². The molecule has 0 saturated carbocycles. The highest BCUT2D eigenvalue weighted by Crippen LogP contribution is 2.27. The monoisotopic (exact) mass is 386 g/mol. The van der Waals surface area contributed by atoms with Gasteiger partial charge >= 0.3 is 0 Å². The molecule has 1 heterocycles. The van der Waals surface area contributed by atoms with E-state index in [1.165, 1.54) is 0 Å². The van der Waals surface area contributed by atoms with Gasteiger partial charge < -0.3 is 4.74 Å². The number of benzene rings is 1. The number of ether oxygens (including phenoxy) is 1. The molecule has 21 heavy (non-hydrogen) atoms. The molecule has 0 aliphatic rings. The molecule has 0 radical (unpaired) electrons. The summed E-state index contributed by atoms with van der Waals surface area (Å²) in [7, 11) is 0. The maximum atomic E-state index is 11.7. The van der Waals surface area contributed by atoms with Crippen molar-refractivity contribution in [1.82, 2.24) is 5.43 Å². The van der Waals surface area contributed by atoms with Crippen molar-refractivity contribution in [1.29, 1.82) is 0 Å². The summed E-state index contributed by atoms with van der Waals surface area (Å²) in [6, 6.07) is 8.96. The van der Waals surface area contributed by atoms with Crippen LogP contribution in [0.2, 0.25) is 5.02 Å². The van der Waals surface area contributed by atoms with Crippen molar-refractivity contribution >= 4 is 50.5 Å². The lowest BCUT2D eigenvalue weighted by atomic mass is 10.3. The van der Waals surface area contributed by atoms with Gasteiger partial charge in [0.05, 0.1) is 10.2 Å². The number of hydrazone groups is 1. The average molecular weight is 388 g/mol. The number of carbonyl (C=O) groups excluding carboxylic acids is 1. The molecule has 0 aliphatic heterocycles. The fourth-order valence-corrected chi connectivity index (χ4v) is 2.93. The van der Waals surface area contributed by atoms with Crippen molar-refractivity contribution < 1.29 is 9.53 Å². The van der Waals surface area contributed by atoms with Gasteiger partial charge in [-0.15, -0.1) is 11.3 Å². The molecule has 0 fully saturated rings. The summed E-state index contributed by atoms with van der Waals surface area (Å²) in [5.74, 6) is 0.223. The molecule has 1 aromatic carbocycles. The Labute approximate surface area is 139 Å². The Bertz CT molecular complexity index is 659. The first-order valence-electron chi connectivity index (χ1n) is 6.01. The van der Waals surface area contributed by atoms with Gasteiger partial charge in [-0.2, -0.15) is 5.10 Å². The standard InChI is InChI=1S/C14H12BrClN2O2S/c1-9(13-3-2-6-21-13)17-18-14(19)8-20-12-5-4-10(16)7-11(12)15/h2-7H,8H2,1H3,(H,18,19). The van der Waals surface area contributed by atoms with E-state index in [1.807, 2.05) is 24.4 Å². The summed E-state index contributed by atoms with van der Waals surface area (Å²) in [6.07, 6.45) is 0. The second kappa shape index (κ2) is 7.59. The Morgan fingerprint density at radius 1 is 1.48 bits per heavy atom. The molecular formula is C14H12BrClN2O2S. The van der Waals surface area contributed by atoms with Gasteiger partial charge in [-0.25, -0.2) is 5.43 Å². The van der Waals surface area contributed by atoms with E-state index in [4.69, 9.17) is 16.3 Å². The fourth-order valence-electron chi connectivity index (χ4n) is 1.45. The Morgan fingerprint density at radius 3 is 2.95 bits per heavy atom. The van der Waals surface area contributed by atoms with Gasteiger partial charge in [0, 0.05) is 9.90 Å². The molecule has 1 aromatic heterocycles. The van der Waals surface area contributed by atoms with Crippen LogP contribution in [0.3, 0.4) is 0 Å². The first-order valence-corrected chi connectivity index (χ1v) is 8.06. The number of thiophene rings is 1. The third-order valence-corrected chi connectivity index (χ3v) is 4.31. The van der Waals surface area contributed by atoms with Crippen LogP contribution >= 0.6 is 38.9 Å². The second-order valence-electron chi connectivity index (χ2n) is 4.07. The maximum Gasteiger partial charge on any atom is 0.277 e. The summed E-state index contributed by atoms with van der Waals surface area (Å²) < 4.78 is 6.09. The van der Waals surface area contributed by atoms with Crippen LogP contribution in [0.5, 0.6) is 5.75 Å². The summed E-state index contributed by atoms with van der Waals surface area (Å²) in [4.78, 5) is 12.7. The number of amides is 1. The SMILES string of the molecule is CC(=NNC(=O)COc1ccc(Cl)cc1Br)c1cccs1. The lowest BCUT2D eigenvalue weighted by Gasteiger charge is -2.07. The van der Waals surface area contributed by atoms with E-state index < -0.39 is 0 Å². The highest BCUT2D eigenvalue weighted by atomic mass is 79.9. The van der Waals surface area contributed by atoms with E-state index in [9.17, 15) is 4.79 Å². The largest absolute Gasteiger partial charge is 0.483 e. The van der Waals surface area contributed by atoms with Gasteiger partial charge in [-0.3, -0.25) is 4.79 Å². The fraction of sp³-hybridized carbons (Fsp3) is 0.143. The molecule has 0 atom stereocenters. The smallest absolute Gasteiger partial charge is 0.277 e. The van der Waals surface area contributed by atoms with Crippen molar-refractivity contribution in [3.63, 3.8) is 0 Å².